The molecule has 0 fully saturated rings. The van der Waals surface area contributed by atoms with Crippen molar-refractivity contribution < 1.29 is 0 Å². The summed E-state index contributed by atoms with van der Waals surface area (Å²) >= 11 is 1.75. The number of fused-ring (bicyclic) bond motifs is 2. The predicted octanol–water partition coefficient (Wildman–Crippen LogP) is 4.95. The summed E-state index contributed by atoms with van der Waals surface area (Å²) in [5.74, 6) is 0. The molecule has 0 spiro atoms. The molecule has 3 aromatic rings. The highest BCUT2D eigenvalue weighted by atomic mass is 32.2. The monoisotopic (exact) mass is 276 g/mol. The van der Waals surface area contributed by atoms with Gasteiger partial charge < -0.3 is 4.90 Å². The molecule has 0 saturated carbocycles. The van der Waals surface area contributed by atoms with Gasteiger partial charge in [0, 0.05) is 16.5 Å². The zero-order chi connectivity index (χ0) is 13.4. The fourth-order valence-corrected chi connectivity index (χ4v) is 3.19. The maximum atomic E-state index is 4.55. The lowest BCUT2D eigenvalue weighted by Crippen LogP contribution is -2.11. The molecule has 0 aliphatic carbocycles. The lowest BCUT2D eigenvalue weighted by Gasteiger charge is -2.25. The van der Waals surface area contributed by atoms with Gasteiger partial charge in [-0.2, -0.15) is 0 Å². The van der Waals surface area contributed by atoms with Crippen LogP contribution < -0.4 is 4.90 Å². The van der Waals surface area contributed by atoms with Crippen LogP contribution in [-0.4, -0.2) is 4.98 Å². The third-order valence-electron chi connectivity index (χ3n) is 3.38. The zero-order valence-corrected chi connectivity index (χ0v) is 11.5. The van der Waals surface area contributed by atoms with E-state index < -0.39 is 0 Å². The third-order valence-corrected chi connectivity index (χ3v) is 4.24. The first kappa shape index (κ1) is 11.6. The van der Waals surface area contributed by atoms with E-state index in [1.807, 2.05) is 24.4 Å². The first-order valence-electron chi connectivity index (χ1n) is 6.48. The Morgan fingerprint density at radius 3 is 2.80 bits per heavy atom. The van der Waals surface area contributed by atoms with Crippen molar-refractivity contribution in [2.45, 2.75) is 4.90 Å². The van der Waals surface area contributed by atoms with Crippen LogP contribution in [0.4, 0.5) is 11.4 Å². The summed E-state index contributed by atoms with van der Waals surface area (Å²) in [7, 11) is 0. The van der Waals surface area contributed by atoms with Crippen LogP contribution in [0, 0.1) is 0 Å². The Morgan fingerprint density at radius 2 is 1.80 bits per heavy atom. The van der Waals surface area contributed by atoms with Gasteiger partial charge in [-0.05, 0) is 29.7 Å². The number of hydrogen-bond donors (Lipinski definition) is 0. The summed E-state index contributed by atoms with van der Waals surface area (Å²) in [6.07, 6.45) is 4.03. The summed E-state index contributed by atoms with van der Waals surface area (Å²) < 4.78 is 0. The van der Waals surface area contributed by atoms with Gasteiger partial charge in [0.2, 0.25) is 0 Å². The third kappa shape index (κ3) is 1.87. The van der Waals surface area contributed by atoms with Crippen LogP contribution in [0.1, 0.15) is 0 Å². The second kappa shape index (κ2) is 4.69. The topological polar surface area (TPSA) is 16.1 Å². The minimum absolute atomic E-state index is 1.03. The van der Waals surface area contributed by atoms with Gasteiger partial charge in [0.15, 0.2) is 0 Å². The summed E-state index contributed by atoms with van der Waals surface area (Å²) in [6.45, 7) is 0. The molecule has 1 aromatic heterocycles. The lowest BCUT2D eigenvalue weighted by molar-refractivity contribution is 1.20. The first-order valence-corrected chi connectivity index (χ1v) is 7.36. The van der Waals surface area contributed by atoms with E-state index in [2.05, 4.69) is 57.9 Å². The molecule has 0 radical (unpaired) electrons. The molecule has 0 amide bonds. The molecular formula is C17H12N2S. The lowest BCUT2D eigenvalue weighted by atomic mass is 10.2. The smallest absolute Gasteiger partial charge is 0.0703 e. The van der Waals surface area contributed by atoms with Gasteiger partial charge in [-0.1, -0.05) is 42.1 Å². The molecular weight excluding hydrogens is 264 g/mol. The Hall–Kier alpha value is -2.26. The number of pyridine rings is 1. The molecule has 0 atom stereocenters. The van der Waals surface area contributed by atoms with Crippen molar-refractivity contribution in [1.82, 2.24) is 4.98 Å². The fraction of sp³-hybridized carbons (Fsp3) is 0. The minimum Gasteiger partial charge on any atom is -0.314 e. The van der Waals surface area contributed by atoms with Gasteiger partial charge in [-0.15, -0.1) is 0 Å². The Balaban J connectivity index is 1.86. The van der Waals surface area contributed by atoms with Crippen molar-refractivity contribution in [3.63, 3.8) is 0 Å². The average molecular weight is 276 g/mol. The van der Waals surface area contributed by atoms with Crippen LogP contribution in [0.25, 0.3) is 10.9 Å². The van der Waals surface area contributed by atoms with Crippen molar-refractivity contribution in [3.8, 4) is 0 Å². The molecule has 0 N–H and O–H groups in total. The van der Waals surface area contributed by atoms with Crippen LogP contribution in [0.5, 0.6) is 0 Å². The summed E-state index contributed by atoms with van der Waals surface area (Å²) in [6, 6.07) is 18.8. The molecule has 20 heavy (non-hydrogen) atoms. The summed E-state index contributed by atoms with van der Waals surface area (Å²) in [4.78, 5) is 8.00. The minimum atomic E-state index is 1.03. The van der Waals surface area contributed by atoms with Crippen molar-refractivity contribution in [1.29, 1.82) is 0 Å². The molecule has 0 unspecified atom stereocenters. The van der Waals surface area contributed by atoms with Crippen LogP contribution >= 0.6 is 11.8 Å². The van der Waals surface area contributed by atoms with Crippen molar-refractivity contribution >= 4 is 34.0 Å². The molecule has 3 heteroatoms. The Morgan fingerprint density at radius 1 is 0.950 bits per heavy atom. The first-order chi connectivity index (χ1) is 9.92. The van der Waals surface area contributed by atoms with Gasteiger partial charge >= 0.3 is 0 Å². The van der Waals surface area contributed by atoms with Crippen LogP contribution in [0.2, 0.25) is 0 Å². The summed E-state index contributed by atoms with van der Waals surface area (Å²) in [5.41, 5.74) is 3.32. The number of rotatable bonds is 1. The standard InChI is InChI=1S/C17H12N2S/c1-2-6-15-13(5-1)11-14(12-18-15)19-9-10-20-17-8-4-3-7-16(17)19/h1-12H. The van der Waals surface area contributed by atoms with E-state index in [1.165, 1.54) is 10.6 Å². The van der Waals surface area contributed by atoms with Gasteiger partial charge in [-0.3, -0.25) is 4.98 Å². The molecule has 0 bridgehead atoms. The normalized spacial score (nSPS) is 13.5. The number of anilines is 2. The molecule has 1 aliphatic rings. The van der Waals surface area contributed by atoms with E-state index in [-0.39, 0.29) is 0 Å². The van der Waals surface area contributed by atoms with Gasteiger partial charge in [0.05, 0.1) is 23.1 Å². The average Bonchev–Trinajstić information content (AvgIpc) is 2.54. The Bertz CT molecular complexity index is 811. The fourth-order valence-electron chi connectivity index (χ4n) is 2.42. The summed E-state index contributed by atoms with van der Waals surface area (Å²) in [5, 5.41) is 3.27. The molecule has 4 rings (SSSR count). The predicted molar refractivity (Wildman–Crippen MR) is 85.3 cm³/mol. The van der Waals surface area contributed by atoms with Crippen molar-refractivity contribution in [3.05, 3.63) is 72.4 Å². The molecule has 1 aliphatic heterocycles. The van der Waals surface area contributed by atoms with Crippen LogP contribution in [0.3, 0.4) is 0 Å². The Labute approximate surface area is 121 Å². The number of benzene rings is 2. The number of thioether (sulfide) groups is 1. The molecule has 0 saturated heterocycles. The maximum absolute atomic E-state index is 4.55. The van der Waals surface area contributed by atoms with Crippen LogP contribution in [-0.2, 0) is 0 Å². The number of para-hydroxylation sites is 2. The second-order valence-corrected chi connectivity index (χ2v) is 5.57. The molecule has 2 heterocycles. The maximum Gasteiger partial charge on any atom is 0.0703 e. The molecule has 2 nitrogen and oxygen atoms in total. The van der Waals surface area contributed by atoms with E-state index in [0.29, 0.717) is 0 Å². The highest BCUT2D eigenvalue weighted by molar-refractivity contribution is 8.02. The SMILES string of the molecule is C1=CN(c2cnc3ccccc3c2)c2ccccc2S1. The van der Waals surface area contributed by atoms with Gasteiger partial charge in [0.25, 0.3) is 0 Å². The highest BCUT2D eigenvalue weighted by Gasteiger charge is 2.14. The van der Waals surface area contributed by atoms with Gasteiger partial charge in [-0.25, -0.2) is 0 Å². The van der Waals surface area contributed by atoms with E-state index in [9.17, 15) is 0 Å². The second-order valence-electron chi connectivity index (χ2n) is 4.63. The van der Waals surface area contributed by atoms with E-state index in [0.717, 1.165) is 16.6 Å². The van der Waals surface area contributed by atoms with E-state index in [4.69, 9.17) is 0 Å². The number of aromatic nitrogens is 1. The van der Waals surface area contributed by atoms with Crippen LogP contribution in [0.15, 0.2) is 77.3 Å². The highest BCUT2D eigenvalue weighted by Crippen LogP contribution is 2.39. The number of nitrogens with zero attached hydrogens (tertiary/aromatic N) is 2. The van der Waals surface area contributed by atoms with E-state index >= 15 is 0 Å². The van der Waals surface area contributed by atoms with Crippen molar-refractivity contribution in [2.75, 3.05) is 4.90 Å². The molecule has 96 valence electrons. The quantitative estimate of drug-likeness (QED) is 0.625. The van der Waals surface area contributed by atoms with Gasteiger partial charge in [0.1, 0.15) is 0 Å². The Kier molecular flexibility index (Phi) is 2.71. The zero-order valence-electron chi connectivity index (χ0n) is 10.7. The van der Waals surface area contributed by atoms with E-state index in [1.54, 1.807) is 11.8 Å². The molecule has 2 aromatic carbocycles. The number of hydrogen-bond acceptors (Lipinski definition) is 3. The largest absolute Gasteiger partial charge is 0.314 e. The van der Waals surface area contributed by atoms with Crippen molar-refractivity contribution in [2.24, 2.45) is 0 Å².